The van der Waals surface area contributed by atoms with Crippen molar-refractivity contribution in [1.29, 1.82) is 0 Å². The number of ether oxygens (including phenoxy) is 1. The second-order valence-electron chi connectivity index (χ2n) is 8.39. The summed E-state index contributed by atoms with van der Waals surface area (Å²) >= 11 is 0. The summed E-state index contributed by atoms with van der Waals surface area (Å²) < 4.78 is 7.37. The zero-order chi connectivity index (χ0) is 20.3. The van der Waals surface area contributed by atoms with Crippen LogP contribution in [0.1, 0.15) is 24.5 Å². The summed E-state index contributed by atoms with van der Waals surface area (Å²) in [6.45, 7) is 6.81. The van der Waals surface area contributed by atoms with Gasteiger partial charge in [0, 0.05) is 30.4 Å². The maximum atomic E-state index is 6.01. The number of aromatic nitrogens is 2. The van der Waals surface area contributed by atoms with E-state index in [-0.39, 0.29) is 17.8 Å². The van der Waals surface area contributed by atoms with E-state index >= 15 is 0 Å². The maximum Gasteiger partial charge on any atom is 0.118 e. The van der Waals surface area contributed by atoms with Crippen LogP contribution in [0.25, 0.3) is 11.3 Å². The topological polar surface area (TPSA) is 56.3 Å². The molecule has 0 bridgehead atoms. The van der Waals surface area contributed by atoms with Crippen LogP contribution in [0.4, 0.5) is 0 Å². The lowest BCUT2D eigenvalue weighted by Crippen LogP contribution is -2.31. The van der Waals surface area contributed by atoms with Crippen molar-refractivity contribution in [2.24, 2.45) is 11.1 Å². The van der Waals surface area contributed by atoms with Gasteiger partial charge in [0.1, 0.15) is 5.75 Å². The average molecular weight is 427 g/mol. The zero-order valence-corrected chi connectivity index (χ0v) is 18.6. The summed E-state index contributed by atoms with van der Waals surface area (Å²) in [7, 11) is 1.69. The average Bonchev–Trinajstić information content (AvgIpc) is 3.33. The van der Waals surface area contributed by atoms with Gasteiger partial charge >= 0.3 is 0 Å². The van der Waals surface area contributed by atoms with Gasteiger partial charge in [0.2, 0.25) is 0 Å². The molecule has 1 unspecified atom stereocenters. The number of rotatable bonds is 7. The number of halogens is 1. The normalized spacial score (nSPS) is 18.9. The first-order valence-corrected chi connectivity index (χ1v) is 10.3. The van der Waals surface area contributed by atoms with E-state index in [9.17, 15) is 0 Å². The molecule has 0 radical (unpaired) electrons. The van der Waals surface area contributed by atoms with Crippen LogP contribution >= 0.6 is 12.4 Å². The molecule has 160 valence electrons. The Hall–Kier alpha value is -2.34. The molecule has 0 spiro atoms. The molecule has 1 aromatic heterocycles. The smallest absolute Gasteiger partial charge is 0.118 e. The van der Waals surface area contributed by atoms with Gasteiger partial charge in [-0.15, -0.1) is 12.4 Å². The third-order valence-corrected chi connectivity index (χ3v) is 5.91. The van der Waals surface area contributed by atoms with Gasteiger partial charge in [-0.3, -0.25) is 9.58 Å². The first kappa shape index (κ1) is 22.3. The fourth-order valence-electron chi connectivity index (χ4n) is 4.09. The van der Waals surface area contributed by atoms with E-state index in [4.69, 9.17) is 15.6 Å². The van der Waals surface area contributed by atoms with Gasteiger partial charge in [0.25, 0.3) is 0 Å². The Balaban J connectivity index is 0.00000256. The maximum absolute atomic E-state index is 6.01. The molecular weight excluding hydrogens is 396 g/mol. The summed E-state index contributed by atoms with van der Waals surface area (Å²) in [5.74, 6) is 0.859. The summed E-state index contributed by atoms with van der Waals surface area (Å²) in [5.41, 5.74) is 10.9. The number of hydrogen-bond acceptors (Lipinski definition) is 4. The molecule has 2 heterocycles. The Morgan fingerprint density at radius 2 is 1.80 bits per heavy atom. The quantitative estimate of drug-likeness (QED) is 0.615. The molecule has 6 heteroatoms. The predicted molar refractivity (Wildman–Crippen MR) is 124 cm³/mol. The van der Waals surface area contributed by atoms with Crippen molar-refractivity contribution in [1.82, 2.24) is 14.7 Å². The van der Waals surface area contributed by atoms with Crippen molar-refractivity contribution in [3.8, 4) is 17.0 Å². The van der Waals surface area contributed by atoms with E-state index in [1.807, 2.05) is 18.2 Å². The number of nitrogens with zero attached hydrogens (tertiary/aromatic N) is 3. The molecule has 2 aromatic carbocycles. The Morgan fingerprint density at radius 1 is 1.07 bits per heavy atom. The first-order valence-electron chi connectivity index (χ1n) is 10.3. The van der Waals surface area contributed by atoms with Gasteiger partial charge < -0.3 is 10.5 Å². The molecule has 0 aliphatic carbocycles. The molecule has 2 N–H and O–H groups in total. The molecule has 1 fully saturated rings. The number of nitrogens with two attached hydrogens (primary N) is 1. The number of hydrogen-bond donors (Lipinski definition) is 1. The van der Waals surface area contributed by atoms with Crippen molar-refractivity contribution in [2.45, 2.75) is 26.4 Å². The van der Waals surface area contributed by atoms with Crippen molar-refractivity contribution in [2.75, 3.05) is 26.7 Å². The molecule has 0 saturated carbocycles. The van der Waals surface area contributed by atoms with E-state index in [2.05, 4.69) is 59.1 Å². The number of benzene rings is 2. The van der Waals surface area contributed by atoms with Crippen LogP contribution < -0.4 is 10.5 Å². The van der Waals surface area contributed by atoms with E-state index < -0.39 is 0 Å². The summed E-state index contributed by atoms with van der Waals surface area (Å²) in [6.07, 6.45) is 3.35. The molecule has 5 nitrogen and oxygen atoms in total. The molecule has 30 heavy (non-hydrogen) atoms. The van der Waals surface area contributed by atoms with Crippen molar-refractivity contribution in [3.05, 3.63) is 71.9 Å². The second-order valence-corrected chi connectivity index (χ2v) is 8.39. The van der Waals surface area contributed by atoms with Crippen molar-refractivity contribution < 1.29 is 4.74 Å². The van der Waals surface area contributed by atoms with Crippen molar-refractivity contribution in [3.63, 3.8) is 0 Å². The van der Waals surface area contributed by atoms with Gasteiger partial charge in [-0.1, -0.05) is 37.3 Å². The van der Waals surface area contributed by atoms with Crippen LogP contribution in [0.5, 0.6) is 5.75 Å². The number of methoxy groups -OCH3 is 1. The summed E-state index contributed by atoms with van der Waals surface area (Å²) in [6, 6.07) is 18.6. The third-order valence-electron chi connectivity index (χ3n) is 5.91. The first-order chi connectivity index (χ1) is 14.1. The van der Waals surface area contributed by atoms with Crippen LogP contribution in [0.2, 0.25) is 0 Å². The number of likely N-dealkylation sites (tertiary alicyclic amines) is 1. The van der Waals surface area contributed by atoms with E-state index in [1.165, 1.54) is 11.1 Å². The van der Waals surface area contributed by atoms with Crippen molar-refractivity contribution >= 4 is 12.4 Å². The van der Waals surface area contributed by atoms with Crippen LogP contribution in [0.3, 0.4) is 0 Å². The largest absolute Gasteiger partial charge is 0.497 e. The highest BCUT2D eigenvalue weighted by atomic mass is 35.5. The van der Waals surface area contributed by atoms with Gasteiger partial charge in [-0.25, -0.2) is 0 Å². The SMILES string of the molecule is COc1ccc(-c2nn(Cc3ccccc3)cc2CN2CCC(C)(CN)C2)cc1.Cl. The molecule has 3 aromatic rings. The summed E-state index contributed by atoms with van der Waals surface area (Å²) in [5, 5.41) is 4.95. The highest BCUT2D eigenvalue weighted by Gasteiger charge is 2.32. The highest BCUT2D eigenvalue weighted by molar-refractivity contribution is 5.85. The Morgan fingerprint density at radius 3 is 2.43 bits per heavy atom. The minimum Gasteiger partial charge on any atom is -0.497 e. The van der Waals surface area contributed by atoms with Gasteiger partial charge in [0.05, 0.1) is 19.3 Å². The lowest BCUT2D eigenvalue weighted by molar-refractivity contribution is 0.274. The molecule has 1 saturated heterocycles. The van der Waals surface area contributed by atoms with Crippen LogP contribution in [-0.2, 0) is 13.1 Å². The molecular formula is C24H31ClN4O. The minimum atomic E-state index is 0. The fraction of sp³-hybridized carbons (Fsp3) is 0.375. The Bertz CT molecular complexity index is 942. The third kappa shape index (κ3) is 5.04. The zero-order valence-electron chi connectivity index (χ0n) is 17.8. The standard InChI is InChI=1S/C24H30N4O.ClH/c1-24(17-25)12-13-27(18-24)15-21-16-28(14-19-6-4-3-5-7-19)26-23(21)20-8-10-22(29-2)11-9-20;/h3-11,16H,12-15,17-18,25H2,1-2H3;1H. The molecule has 1 aliphatic rings. The highest BCUT2D eigenvalue weighted by Crippen LogP contribution is 2.32. The minimum absolute atomic E-state index is 0. The molecule has 1 atom stereocenters. The van der Waals surface area contributed by atoms with Crippen LogP contribution in [0.15, 0.2) is 60.8 Å². The van der Waals surface area contributed by atoms with Gasteiger partial charge in [0.15, 0.2) is 0 Å². The van der Waals surface area contributed by atoms with E-state index in [0.717, 1.165) is 56.2 Å². The fourth-order valence-corrected chi connectivity index (χ4v) is 4.09. The Labute approximate surface area is 185 Å². The van der Waals surface area contributed by atoms with Gasteiger partial charge in [-0.2, -0.15) is 5.10 Å². The lowest BCUT2D eigenvalue weighted by Gasteiger charge is -2.22. The second kappa shape index (κ2) is 9.65. The Kier molecular flexibility index (Phi) is 7.19. The predicted octanol–water partition coefficient (Wildman–Crippen LogP) is 4.20. The monoisotopic (exact) mass is 426 g/mol. The van der Waals surface area contributed by atoms with Crippen LogP contribution in [-0.4, -0.2) is 41.4 Å². The lowest BCUT2D eigenvalue weighted by atomic mass is 9.90. The van der Waals surface area contributed by atoms with Gasteiger partial charge in [-0.05, 0) is 54.8 Å². The molecule has 0 amide bonds. The van der Waals surface area contributed by atoms with E-state index in [1.54, 1.807) is 7.11 Å². The summed E-state index contributed by atoms with van der Waals surface area (Å²) in [4.78, 5) is 2.50. The van der Waals surface area contributed by atoms with E-state index in [0.29, 0.717) is 0 Å². The van der Waals surface area contributed by atoms with Crippen LogP contribution in [0, 0.1) is 5.41 Å². The molecule has 1 aliphatic heterocycles. The molecule has 4 rings (SSSR count).